The van der Waals surface area contributed by atoms with E-state index in [0.717, 1.165) is 34.4 Å². The Kier molecular flexibility index (Phi) is 11.2. The predicted octanol–water partition coefficient (Wildman–Crippen LogP) is 7.32. The van der Waals surface area contributed by atoms with E-state index in [2.05, 4.69) is 27.2 Å². The van der Waals surface area contributed by atoms with E-state index < -0.39 is 23.1 Å². The van der Waals surface area contributed by atoms with Gasteiger partial charge in [-0.25, -0.2) is 15.6 Å². The molecule has 1 atom stereocenters. The van der Waals surface area contributed by atoms with Crippen molar-refractivity contribution in [3.63, 3.8) is 0 Å². The number of imidazole rings is 2. The zero-order valence-electron chi connectivity index (χ0n) is 27.9. The second kappa shape index (κ2) is 15.6. The molecule has 0 bridgehead atoms. The molecule has 0 radical (unpaired) electrons. The van der Waals surface area contributed by atoms with Crippen LogP contribution >= 0.6 is 11.6 Å². The van der Waals surface area contributed by atoms with Crippen LogP contribution in [0.5, 0.6) is 5.75 Å². The fourth-order valence-corrected chi connectivity index (χ4v) is 7.13. The third kappa shape index (κ3) is 7.73. The lowest BCUT2D eigenvalue weighted by molar-refractivity contribution is 0.0811. The largest absolute Gasteiger partial charge is 0.609 e. The van der Waals surface area contributed by atoms with Gasteiger partial charge in [-0.1, -0.05) is 48.9 Å². The average Bonchev–Trinajstić information content (AvgIpc) is 3.71. The summed E-state index contributed by atoms with van der Waals surface area (Å²) in [5, 5.41) is 4.19. The number of para-hydroxylation sites is 2. The number of hydrazine groups is 1. The summed E-state index contributed by atoms with van der Waals surface area (Å²) >= 11 is 4.59. The topological polar surface area (TPSA) is 154 Å². The van der Waals surface area contributed by atoms with Crippen molar-refractivity contribution in [2.45, 2.75) is 51.6 Å². The number of nitrogens with two attached hydrogens (primary N) is 1. The molecular weight excluding hydrogens is 662 g/mol. The molecule has 11 nitrogen and oxygen atoms in total. The van der Waals surface area contributed by atoms with Gasteiger partial charge in [0.05, 0.1) is 34.9 Å². The molecule has 4 aromatic carbocycles. The zero-order chi connectivity index (χ0) is 35.2. The first kappa shape index (κ1) is 35.4. The van der Waals surface area contributed by atoms with Crippen molar-refractivity contribution in [3.8, 4) is 5.75 Å². The molecular formula is C36H38ClN7O4S. The van der Waals surface area contributed by atoms with E-state index in [1.807, 2.05) is 49.6 Å². The van der Waals surface area contributed by atoms with Crippen molar-refractivity contribution in [2.24, 2.45) is 5.84 Å². The third-order valence-electron chi connectivity index (χ3n) is 7.99. The molecule has 6 rings (SSSR count). The second-order valence-electron chi connectivity index (χ2n) is 11.2. The summed E-state index contributed by atoms with van der Waals surface area (Å²) < 4.78 is 21.1. The number of methoxy groups -OCH3 is 1. The standard InChI is InChI=1S/C27H28ClN5O4S.C9H10N2/c1-5-32-23-14-19(28)11-12-21(23)31-27(32)38(36)15-20-17(3)24(37-4)16(2)13-22(20)30-26(35)33(29)25(34)18-9-7-6-8-10-18;1-2-9-10-7-5-3-4-6-8(7)11-9/h6-14H,5,15,29H2,1-4H3,(H,30,35);3-6H,2H2,1H3,(H,10,11). The van der Waals surface area contributed by atoms with Crippen LogP contribution in [0.2, 0.25) is 5.02 Å². The van der Waals surface area contributed by atoms with Crippen molar-refractivity contribution in [1.29, 1.82) is 0 Å². The number of aryl methyl sites for hydroxylation is 3. The Morgan fingerprint density at radius 2 is 1.73 bits per heavy atom. The van der Waals surface area contributed by atoms with Crippen LogP contribution in [-0.2, 0) is 29.9 Å². The minimum atomic E-state index is -1.60. The number of nitrogens with zero attached hydrogens (tertiary/aromatic N) is 4. The highest BCUT2D eigenvalue weighted by atomic mass is 35.5. The lowest BCUT2D eigenvalue weighted by atomic mass is 10.0. The number of urea groups is 1. The second-order valence-corrected chi connectivity index (χ2v) is 12.9. The van der Waals surface area contributed by atoms with Gasteiger partial charge >= 0.3 is 11.2 Å². The van der Waals surface area contributed by atoms with Gasteiger partial charge in [-0.05, 0) is 74.9 Å². The van der Waals surface area contributed by atoms with E-state index in [9.17, 15) is 14.1 Å². The molecule has 2 heterocycles. The van der Waals surface area contributed by atoms with Crippen LogP contribution in [-0.4, -0.2) is 48.1 Å². The molecule has 4 N–H and O–H groups in total. The molecule has 2 aromatic heterocycles. The molecule has 254 valence electrons. The number of fused-ring (bicyclic) bond motifs is 2. The minimum Gasteiger partial charge on any atom is -0.609 e. The van der Waals surface area contributed by atoms with Crippen LogP contribution in [0.4, 0.5) is 10.5 Å². The fourth-order valence-electron chi connectivity index (χ4n) is 5.52. The van der Waals surface area contributed by atoms with E-state index >= 15 is 0 Å². The SMILES string of the molecule is CCc1nc2ccccc2[nH]1.CCn1c([S+]([O-])Cc2c(NC(=O)N(N)C(=O)c3ccccc3)cc(C)c(OC)c2C)nc2ccc(Cl)cc21. The summed E-state index contributed by atoms with van der Waals surface area (Å²) in [4.78, 5) is 37.9. The highest BCUT2D eigenvalue weighted by molar-refractivity contribution is 7.90. The molecule has 0 fully saturated rings. The van der Waals surface area contributed by atoms with Crippen LogP contribution in [0.15, 0.2) is 84.0 Å². The Hall–Kier alpha value is -4.88. The smallest absolute Gasteiger partial charge is 0.343 e. The Balaban J connectivity index is 0.000000357. The first-order valence-electron chi connectivity index (χ1n) is 15.7. The summed E-state index contributed by atoms with van der Waals surface area (Å²) in [6.45, 7) is 8.23. The Morgan fingerprint density at radius 3 is 2.41 bits per heavy atom. The zero-order valence-corrected chi connectivity index (χ0v) is 29.5. The van der Waals surface area contributed by atoms with E-state index in [-0.39, 0.29) is 11.3 Å². The van der Waals surface area contributed by atoms with Gasteiger partial charge in [0.15, 0.2) is 0 Å². The van der Waals surface area contributed by atoms with Gasteiger partial charge in [0.1, 0.15) is 17.3 Å². The van der Waals surface area contributed by atoms with Gasteiger partial charge < -0.3 is 19.6 Å². The Morgan fingerprint density at radius 1 is 1.02 bits per heavy atom. The summed E-state index contributed by atoms with van der Waals surface area (Å²) in [7, 11) is 1.55. The summed E-state index contributed by atoms with van der Waals surface area (Å²) in [5.74, 6) is 6.91. The average molecular weight is 700 g/mol. The van der Waals surface area contributed by atoms with Crippen molar-refractivity contribution < 1.29 is 18.9 Å². The number of aromatic nitrogens is 4. The Labute approximate surface area is 292 Å². The molecule has 0 aliphatic carbocycles. The fraction of sp³-hybridized carbons (Fsp3) is 0.222. The number of nitrogens with one attached hydrogen (secondary N) is 2. The van der Waals surface area contributed by atoms with Crippen LogP contribution in [0.25, 0.3) is 22.1 Å². The number of aromatic amines is 1. The molecule has 3 amide bonds. The van der Waals surface area contributed by atoms with E-state index in [0.29, 0.717) is 49.8 Å². The number of imide groups is 1. The number of H-pyrrole nitrogens is 1. The van der Waals surface area contributed by atoms with Crippen molar-refractivity contribution in [1.82, 2.24) is 24.5 Å². The van der Waals surface area contributed by atoms with Crippen LogP contribution < -0.4 is 15.9 Å². The lowest BCUT2D eigenvalue weighted by Crippen LogP contribution is -2.45. The van der Waals surface area contributed by atoms with Gasteiger partial charge in [0.2, 0.25) is 0 Å². The highest BCUT2D eigenvalue weighted by Crippen LogP contribution is 2.35. The normalized spacial score (nSPS) is 11.6. The number of amides is 3. The highest BCUT2D eigenvalue weighted by Gasteiger charge is 2.28. The molecule has 0 aliphatic rings. The van der Waals surface area contributed by atoms with Crippen LogP contribution in [0, 0.1) is 13.8 Å². The quantitative estimate of drug-likeness (QED) is 0.0651. The van der Waals surface area contributed by atoms with Gasteiger partial charge in [0.25, 0.3) is 5.91 Å². The molecule has 13 heteroatoms. The van der Waals surface area contributed by atoms with Gasteiger partial charge in [-0.15, -0.1) is 0 Å². The number of carbonyl (C=O) groups excluding carboxylic acids is 2. The summed E-state index contributed by atoms with van der Waals surface area (Å²) in [6.07, 6.45) is 0.967. The number of halogens is 1. The number of hydrogen-bond donors (Lipinski definition) is 3. The number of rotatable bonds is 8. The molecule has 0 saturated heterocycles. The van der Waals surface area contributed by atoms with Gasteiger partial charge in [-0.3, -0.25) is 9.36 Å². The molecule has 49 heavy (non-hydrogen) atoms. The molecule has 0 spiro atoms. The van der Waals surface area contributed by atoms with E-state index in [1.165, 1.54) is 0 Å². The maximum atomic E-state index is 13.7. The first-order chi connectivity index (χ1) is 23.6. The first-order valence-corrected chi connectivity index (χ1v) is 17.4. The van der Waals surface area contributed by atoms with Crippen LogP contribution in [0.3, 0.4) is 0 Å². The van der Waals surface area contributed by atoms with Gasteiger partial charge in [0, 0.05) is 45.9 Å². The van der Waals surface area contributed by atoms with Crippen molar-refractivity contribution >= 4 is 62.5 Å². The molecule has 0 aliphatic heterocycles. The predicted molar refractivity (Wildman–Crippen MR) is 194 cm³/mol. The molecule has 1 unspecified atom stereocenters. The number of benzene rings is 4. The maximum Gasteiger partial charge on any atom is 0.343 e. The number of anilines is 1. The third-order valence-corrected chi connectivity index (χ3v) is 9.49. The lowest BCUT2D eigenvalue weighted by Gasteiger charge is -2.21. The minimum absolute atomic E-state index is 0.0341. The summed E-state index contributed by atoms with van der Waals surface area (Å²) in [6, 6.07) is 22.5. The van der Waals surface area contributed by atoms with E-state index in [1.54, 1.807) is 61.7 Å². The molecule has 6 aromatic rings. The number of ether oxygens (including phenoxy) is 1. The van der Waals surface area contributed by atoms with Crippen molar-refractivity contribution in [2.75, 3.05) is 12.4 Å². The van der Waals surface area contributed by atoms with E-state index in [4.69, 9.17) is 22.2 Å². The maximum absolute atomic E-state index is 13.7. The monoisotopic (exact) mass is 699 g/mol. The van der Waals surface area contributed by atoms with Crippen molar-refractivity contribution in [3.05, 3.63) is 112 Å². The van der Waals surface area contributed by atoms with Gasteiger partial charge in [-0.2, -0.15) is 9.99 Å². The summed E-state index contributed by atoms with van der Waals surface area (Å²) in [5.41, 5.74) is 6.34. The molecule has 0 saturated carbocycles. The number of carbonyl (C=O) groups is 2. The van der Waals surface area contributed by atoms with Crippen LogP contribution in [0.1, 0.15) is 46.7 Å². The number of hydrogen-bond acceptors (Lipinski definition) is 7. The Bertz CT molecular complexity index is 2080.